The van der Waals surface area contributed by atoms with Gasteiger partial charge in [0.15, 0.2) is 0 Å². The zero-order valence-electron chi connectivity index (χ0n) is 76.9. The van der Waals surface area contributed by atoms with Crippen LogP contribution in [0.5, 0.6) is 0 Å². The van der Waals surface area contributed by atoms with E-state index in [1.807, 2.05) is 12.3 Å². The topological polar surface area (TPSA) is 32.6 Å². The van der Waals surface area contributed by atoms with E-state index in [4.69, 9.17) is 4.98 Å². The van der Waals surface area contributed by atoms with Crippen molar-refractivity contribution >= 4 is 133 Å². The van der Waals surface area contributed by atoms with Gasteiger partial charge in [0.1, 0.15) is 0 Å². The Bertz CT molecular complexity index is 9020. The molecule has 650 valence electrons. The summed E-state index contributed by atoms with van der Waals surface area (Å²) in [5.74, 6) is 6.32. The van der Waals surface area contributed by atoms with Gasteiger partial charge in [-0.05, 0) is 332 Å². The van der Waals surface area contributed by atoms with Crippen LogP contribution in [0.3, 0.4) is 0 Å². The lowest BCUT2D eigenvalue weighted by Crippen LogP contribution is -2.55. The highest BCUT2D eigenvalue weighted by Gasteiger charge is 2.65. The van der Waals surface area contributed by atoms with E-state index in [9.17, 15) is 0 Å². The molecule has 8 fully saturated rings. The van der Waals surface area contributed by atoms with E-state index < -0.39 is 8.07 Å². The number of fused-ring (bicyclic) bond motifs is 21. The smallest absolute Gasteiger partial charge is 0.0784 e. The minimum atomic E-state index is -1.79. The van der Waals surface area contributed by atoms with Crippen LogP contribution in [0, 0.1) is 47.3 Å². The molecule has 0 saturated heterocycles. The lowest BCUT2D eigenvalue weighted by atomic mass is 9.43. The molecule has 0 amide bonds. The van der Waals surface area contributed by atoms with Gasteiger partial charge in [-0.1, -0.05) is 286 Å². The Morgan fingerprint density at radius 3 is 1.20 bits per heavy atom. The number of aromatic nitrogens is 5. The molecule has 10 aliphatic carbocycles. The van der Waals surface area contributed by atoms with Crippen molar-refractivity contribution in [2.24, 2.45) is 47.3 Å². The minimum Gasteiger partial charge on any atom is -0.309 e. The number of hydrogen-bond acceptors (Lipinski definition) is 1. The molecule has 5 aromatic heterocycles. The second kappa shape index (κ2) is 28.9. The average molecular weight is 1760 g/mol. The van der Waals surface area contributed by atoms with Crippen LogP contribution >= 0.6 is 0 Å². The van der Waals surface area contributed by atoms with Crippen LogP contribution in [-0.2, 0) is 10.8 Å². The summed E-state index contributed by atoms with van der Waals surface area (Å²) in [6.07, 6.45) is 15.8. The predicted octanol–water partition coefficient (Wildman–Crippen LogP) is 33.3. The van der Waals surface area contributed by atoms with Crippen LogP contribution in [0.2, 0.25) is 19.6 Å². The number of para-hydroxylation sites is 4. The van der Waals surface area contributed by atoms with Gasteiger partial charge in [-0.25, -0.2) is 0 Å². The van der Waals surface area contributed by atoms with Crippen LogP contribution in [0.25, 0.3) is 209 Å². The van der Waals surface area contributed by atoms with Crippen molar-refractivity contribution in [3.8, 4) is 89.5 Å². The van der Waals surface area contributed by atoms with E-state index in [0.717, 1.165) is 34.6 Å². The molecule has 0 radical (unpaired) electrons. The van der Waals surface area contributed by atoms with Gasteiger partial charge in [0.05, 0.1) is 74.8 Å². The number of hydrogen-bond donors (Lipinski definition) is 0. The molecule has 8 bridgehead atoms. The zero-order valence-corrected chi connectivity index (χ0v) is 77.9. The van der Waals surface area contributed by atoms with Crippen molar-refractivity contribution in [2.45, 2.75) is 94.7 Å². The molecule has 2 spiro atoms. The Kier molecular flexibility index (Phi) is 16.5. The van der Waals surface area contributed by atoms with E-state index in [1.54, 1.807) is 33.0 Å². The second-order valence-electron chi connectivity index (χ2n) is 42.8. The first kappa shape index (κ1) is 77.7. The number of rotatable bonds is 9. The maximum Gasteiger partial charge on any atom is 0.0784 e. The van der Waals surface area contributed by atoms with Crippen LogP contribution in [0.4, 0.5) is 0 Å². The van der Waals surface area contributed by atoms with Crippen LogP contribution in [0.1, 0.15) is 86.5 Å². The van der Waals surface area contributed by atoms with Gasteiger partial charge in [-0.15, -0.1) is 0 Å². The molecular formula is C130H101N5Si. The van der Waals surface area contributed by atoms with Crippen molar-refractivity contribution < 1.29 is 0 Å². The monoisotopic (exact) mass is 1760 g/mol. The Labute approximate surface area is 792 Å². The summed E-state index contributed by atoms with van der Waals surface area (Å²) in [5.41, 5.74) is 38.6. The molecule has 6 heteroatoms. The summed E-state index contributed by atoms with van der Waals surface area (Å²) < 4.78 is 10.3. The highest BCUT2D eigenvalue weighted by atomic mass is 28.3. The van der Waals surface area contributed by atoms with Gasteiger partial charge in [-0.3, -0.25) is 4.98 Å². The molecule has 0 N–H and O–H groups in total. The van der Waals surface area contributed by atoms with E-state index in [-0.39, 0.29) is 10.8 Å². The van der Waals surface area contributed by atoms with Gasteiger partial charge in [0.25, 0.3) is 0 Å². The van der Waals surface area contributed by atoms with E-state index >= 15 is 0 Å². The summed E-state index contributed by atoms with van der Waals surface area (Å²) in [6, 6.07) is 146. The summed E-state index contributed by atoms with van der Waals surface area (Å²) in [5, 5.41) is 18.1. The summed E-state index contributed by atoms with van der Waals surface area (Å²) >= 11 is 0. The van der Waals surface area contributed by atoms with E-state index in [1.165, 1.54) is 257 Å². The Hall–Kier alpha value is -14.7. The normalized spacial score (nSPS) is 21.4. The van der Waals surface area contributed by atoms with Crippen molar-refractivity contribution in [2.75, 3.05) is 0 Å². The molecule has 0 aliphatic heterocycles. The fourth-order valence-electron chi connectivity index (χ4n) is 30.2. The number of benzene rings is 18. The first-order valence-corrected chi connectivity index (χ1v) is 53.6. The van der Waals surface area contributed by atoms with E-state index in [2.05, 4.69) is 414 Å². The predicted molar refractivity (Wildman–Crippen MR) is 572 cm³/mol. The highest BCUT2D eigenvalue weighted by Crippen LogP contribution is 2.73. The van der Waals surface area contributed by atoms with E-state index in [0.29, 0.717) is 23.7 Å². The van der Waals surface area contributed by atoms with Gasteiger partial charge in [0, 0.05) is 82.1 Å². The van der Waals surface area contributed by atoms with Crippen LogP contribution < -0.4 is 5.19 Å². The largest absolute Gasteiger partial charge is 0.309 e. The highest BCUT2D eigenvalue weighted by molar-refractivity contribution is 6.89. The summed E-state index contributed by atoms with van der Waals surface area (Å²) in [6.45, 7) is 7.70. The average Bonchev–Trinajstić information content (AvgIpc) is 1.54. The van der Waals surface area contributed by atoms with Gasteiger partial charge >= 0.3 is 0 Å². The number of pyridine rings is 1. The second-order valence-corrected chi connectivity index (χ2v) is 47.8. The third-order valence-corrected chi connectivity index (χ3v) is 37.1. The molecule has 8 saturated carbocycles. The van der Waals surface area contributed by atoms with Crippen molar-refractivity contribution in [3.63, 3.8) is 0 Å². The molecule has 136 heavy (non-hydrogen) atoms. The van der Waals surface area contributed by atoms with Gasteiger partial charge in [-0.2, -0.15) is 0 Å². The molecule has 33 rings (SSSR count). The first-order valence-electron chi connectivity index (χ1n) is 50.1. The summed E-state index contributed by atoms with van der Waals surface area (Å²) in [7, 11) is -1.79. The maximum absolute atomic E-state index is 4.96. The molecule has 23 aromatic rings. The third kappa shape index (κ3) is 11.0. The van der Waals surface area contributed by atoms with Crippen molar-refractivity contribution in [3.05, 3.63) is 411 Å². The molecule has 5 nitrogen and oxygen atoms in total. The minimum absolute atomic E-state index is 0.0163. The lowest BCUT2D eigenvalue weighted by molar-refractivity contribution is -0.0399. The van der Waals surface area contributed by atoms with Gasteiger partial charge < -0.3 is 18.3 Å². The van der Waals surface area contributed by atoms with Crippen molar-refractivity contribution in [1.29, 1.82) is 0 Å². The molecule has 18 aromatic carbocycles. The maximum atomic E-state index is 4.96. The number of nitrogens with zero attached hydrogens (tertiary/aromatic N) is 5. The quantitative estimate of drug-likeness (QED) is 0.133. The Morgan fingerprint density at radius 2 is 0.618 bits per heavy atom. The zero-order chi connectivity index (χ0) is 89.3. The molecule has 0 atom stereocenters. The standard InChI is InChI=1S/C68H55N3Si.C62H46N2/c1-72(2,3)64-31-30-63(66-65(64)53-19-6-8-21-57(53)68(66)48-34-41-33-42(36-48)37-49(68)35-41)71-61-28-25-46(39-55(61)56-40-47(26-29-62(56)71)51-20-10-15-44-16-12-32-69-67(44)51)45-24-27-60-54(38-45)52-18-7-9-22-59(52)70(60)58-23-11-14-43-13-4-5-17-50(43)58;1-2-11-42-35-43(21-20-40(42)10-1)41-22-26-48(27-23-41)63-56-17-7-4-13-50(56)53-36-44(24-28-58(53)63)45-25-29-59-54(37-45)51-14-5-8-18-57(51)64(59)60-19-9-15-52-49-12-3-6-16-55(49)62(61(52)60)46-31-38-30-39(33-46)34-47(62)32-38/h4-32,38-42,48-49H,33-37H2,1-3H3;1-29,35-39,46-47H,30-34H2. The van der Waals surface area contributed by atoms with Crippen LogP contribution in [0.15, 0.2) is 388 Å². The lowest BCUT2D eigenvalue weighted by Gasteiger charge is -2.61. The van der Waals surface area contributed by atoms with Crippen molar-refractivity contribution in [1.82, 2.24) is 23.3 Å². The fraction of sp³-hybridized carbons (Fsp3) is 0.177. The SMILES string of the molecule is C[Si](C)(C)c1ccc(-n2c3ccc(-c4ccc5c(c4)c4ccccc4n5-c4cccc5ccccc45)cc3c3cc(-c4cccc5cccnc45)ccc32)c2c1-c1ccccc1C21C2CC3CC(C2)CC1C3.c1ccc2c(c1)-c1cccc(-n3c4ccccc4c4cc(-c5ccc6c(c5)c5ccccc5n6-c5ccc(-c6ccc7ccccc7c6)cc5)ccc43)c1C21C2CC3CC(C2)CC1C3. The molecule has 10 aliphatic rings. The molecular weight excluding hydrogens is 1660 g/mol. The van der Waals surface area contributed by atoms with Gasteiger partial charge in [0.2, 0.25) is 0 Å². The molecule has 5 heterocycles. The third-order valence-electron chi connectivity index (χ3n) is 35.1. The Morgan fingerprint density at radius 1 is 0.243 bits per heavy atom. The summed E-state index contributed by atoms with van der Waals surface area (Å²) in [4.78, 5) is 4.96. The van der Waals surface area contributed by atoms with Crippen LogP contribution in [-0.4, -0.2) is 31.3 Å². The first-order chi connectivity index (χ1) is 67.0. The molecule has 0 unspecified atom stereocenters. The Balaban J connectivity index is 0.000000130. The fourth-order valence-corrected chi connectivity index (χ4v) is 31.8.